The fourth-order valence-corrected chi connectivity index (χ4v) is 2.06. The van der Waals surface area contributed by atoms with Crippen LogP contribution < -0.4 is 9.47 Å². The number of thiocarbonyl (C=S) groups is 1. The van der Waals surface area contributed by atoms with E-state index in [2.05, 4.69) is 27.7 Å². The Morgan fingerprint density at radius 2 is 2.05 bits per heavy atom. The molecule has 0 aliphatic heterocycles. The third-order valence-electron chi connectivity index (χ3n) is 2.94. The summed E-state index contributed by atoms with van der Waals surface area (Å²) in [6, 6.07) is 5.44. The minimum Gasteiger partial charge on any atom is -0.502 e. The number of hydrogen-bond donors (Lipinski definition) is 1. The fraction of sp³-hybridized carbons (Fsp3) is 0.385. The van der Waals surface area contributed by atoms with Gasteiger partial charge in [0.2, 0.25) is 0 Å². The molecular formula is C13H16N4O3S. The summed E-state index contributed by atoms with van der Waals surface area (Å²) in [5.41, 5.74) is 0.777. The molecule has 0 saturated heterocycles. The summed E-state index contributed by atoms with van der Waals surface area (Å²) in [4.78, 5) is 0. The lowest BCUT2D eigenvalue weighted by Gasteiger charge is -2.10. The van der Waals surface area contributed by atoms with Gasteiger partial charge in [0.15, 0.2) is 22.4 Å². The number of ether oxygens (including phenoxy) is 2. The molecule has 2 rings (SSSR count). The number of methoxy groups -OCH3 is 2. The summed E-state index contributed by atoms with van der Waals surface area (Å²) in [5, 5.41) is 20.7. The lowest BCUT2D eigenvalue weighted by molar-refractivity contribution is 0.354. The lowest BCUT2D eigenvalue weighted by Crippen LogP contribution is -2.05. The Labute approximate surface area is 127 Å². The number of nitrogens with zero attached hydrogens (tertiary/aromatic N) is 4. The van der Waals surface area contributed by atoms with Crippen molar-refractivity contribution in [3.8, 4) is 17.2 Å². The van der Waals surface area contributed by atoms with Crippen LogP contribution in [0.25, 0.3) is 5.69 Å². The van der Waals surface area contributed by atoms with Crippen molar-refractivity contribution in [2.45, 2.75) is 19.3 Å². The molecule has 0 unspecified atom stereocenters. The molecule has 0 saturated carbocycles. The Hall–Kier alpha value is -2.22. The Balaban J connectivity index is 2.22. The number of aliphatic hydroxyl groups excluding tert-OH is 1. The molecule has 7 nitrogen and oxygen atoms in total. The van der Waals surface area contributed by atoms with Crippen molar-refractivity contribution in [1.29, 1.82) is 0 Å². The zero-order chi connectivity index (χ0) is 15.2. The second-order valence-corrected chi connectivity index (χ2v) is 4.76. The molecule has 1 N–H and O–H groups in total. The predicted octanol–water partition coefficient (Wildman–Crippen LogP) is 1.89. The van der Waals surface area contributed by atoms with E-state index in [1.807, 2.05) is 6.07 Å². The Kier molecular flexibility index (Phi) is 5.04. The number of hydrogen-bond acceptors (Lipinski definition) is 6. The monoisotopic (exact) mass is 308 g/mol. The van der Waals surface area contributed by atoms with E-state index in [1.165, 1.54) is 0 Å². The molecule has 112 valence electrons. The average molecular weight is 308 g/mol. The van der Waals surface area contributed by atoms with Crippen molar-refractivity contribution in [2.75, 3.05) is 14.2 Å². The van der Waals surface area contributed by atoms with Crippen LogP contribution in [-0.2, 0) is 6.42 Å². The summed E-state index contributed by atoms with van der Waals surface area (Å²) in [5.74, 6) is 1.94. The molecule has 0 radical (unpaired) electrons. The minimum absolute atomic E-state index is 0.000131. The van der Waals surface area contributed by atoms with E-state index in [4.69, 9.17) is 14.6 Å². The highest BCUT2D eigenvalue weighted by molar-refractivity contribution is 7.80. The number of benzene rings is 1. The van der Waals surface area contributed by atoms with Gasteiger partial charge in [-0.15, -0.1) is 5.10 Å². The third kappa shape index (κ3) is 3.66. The quantitative estimate of drug-likeness (QED) is 0.782. The van der Waals surface area contributed by atoms with Gasteiger partial charge in [-0.05, 0) is 41.2 Å². The summed E-state index contributed by atoms with van der Waals surface area (Å²) in [7, 11) is 3.15. The highest BCUT2D eigenvalue weighted by atomic mass is 32.1. The summed E-state index contributed by atoms with van der Waals surface area (Å²) in [6.45, 7) is 0. The predicted molar refractivity (Wildman–Crippen MR) is 80.4 cm³/mol. The van der Waals surface area contributed by atoms with E-state index in [0.29, 0.717) is 36.6 Å². The zero-order valence-electron chi connectivity index (χ0n) is 11.8. The highest BCUT2D eigenvalue weighted by Crippen LogP contribution is 2.29. The molecule has 0 spiro atoms. The van der Waals surface area contributed by atoms with Crippen LogP contribution in [0.3, 0.4) is 0 Å². The van der Waals surface area contributed by atoms with Crippen LogP contribution in [0.1, 0.15) is 18.7 Å². The molecular weight excluding hydrogens is 292 g/mol. The Morgan fingerprint density at radius 1 is 1.29 bits per heavy atom. The molecule has 0 bridgehead atoms. The maximum atomic E-state index is 9.04. The standard InChI is InChI=1S/C13H16N4O3S/c1-19-10-7-6-9(8-11(10)20-2)17-12(14-15-16-17)4-3-5-13(18)21/h6-8H,3-5H2,1-2H3,(H,18,21). The van der Waals surface area contributed by atoms with Crippen molar-refractivity contribution in [1.82, 2.24) is 20.2 Å². The number of aliphatic hydroxyl groups is 1. The van der Waals surface area contributed by atoms with Gasteiger partial charge in [-0.25, -0.2) is 0 Å². The van der Waals surface area contributed by atoms with E-state index in [1.54, 1.807) is 31.0 Å². The van der Waals surface area contributed by atoms with Gasteiger partial charge in [-0.2, -0.15) is 4.68 Å². The molecule has 1 aromatic carbocycles. The molecule has 0 fully saturated rings. The van der Waals surface area contributed by atoms with Gasteiger partial charge < -0.3 is 14.6 Å². The van der Waals surface area contributed by atoms with Gasteiger partial charge in [0.1, 0.15) is 0 Å². The normalized spacial score (nSPS) is 10.4. The van der Waals surface area contributed by atoms with Gasteiger partial charge >= 0.3 is 0 Å². The number of aryl methyl sites for hydroxylation is 1. The Morgan fingerprint density at radius 3 is 2.71 bits per heavy atom. The largest absolute Gasteiger partial charge is 0.502 e. The summed E-state index contributed by atoms with van der Waals surface area (Å²) in [6.07, 6.45) is 1.75. The van der Waals surface area contributed by atoms with Crippen LogP contribution in [0.2, 0.25) is 0 Å². The fourth-order valence-electron chi connectivity index (χ4n) is 1.92. The lowest BCUT2D eigenvalue weighted by atomic mass is 10.2. The van der Waals surface area contributed by atoms with E-state index in [-0.39, 0.29) is 5.05 Å². The topological polar surface area (TPSA) is 82.3 Å². The SMILES string of the molecule is COc1ccc(-n2nnnc2CCCC(O)=S)cc1OC. The van der Waals surface area contributed by atoms with Crippen LogP contribution in [0, 0.1) is 0 Å². The summed E-state index contributed by atoms with van der Waals surface area (Å²) >= 11 is 4.64. The number of rotatable bonds is 7. The van der Waals surface area contributed by atoms with E-state index in [0.717, 1.165) is 5.69 Å². The maximum absolute atomic E-state index is 9.04. The van der Waals surface area contributed by atoms with Gasteiger partial charge in [-0.3, -0.25) is 0 Å². The molecule has 0 aliphatic carbocycles. The van der Waals surface area contributed by atoms with Crippen LogP contribution in [0.15, 0.2) is 18.2 Å². The first-order valence-electron chi connectivity index (χ1n) is 6.37. The van der Waals surface area contributed by atoms with Crippen LogP contribution in [0.4, 0.5) is 0 Å². The third-order valence-corrected chi connectivity index (χ3v) is 3.14. The number of tetrazole rings is 1. The first-order valence-corrected chi connectivity index (χ1v) is 6.78. The van der Waals surface area contributed by atoms with Crippen LogP contribution >= 0.6 is 12.2 Å². The molecule has 0 atom stereocenters. The first kappa shape index (κ1) is 15.2. The average Bonchev–Trinajstić information content (AvgIpc) is 2.94. The van der Waals surface area contributed by atoms with Crippen molar-refractivity contribution in [2.24, 2.45) is 0 Å². The molecule has 8 heteroatoms. The van der Waals surface area contributed by atoms with E-state index in [9.17, 15) is 0 Å². The van der Waals surface area contributed by atoms with Gasteiger partial charge in [0, 0.05) is 18.9 Å². The summed E-state index contributed by atoms with van der Waals surface area (Å²) < 4.78 is 12.1. The highest BCUT2D eigenvalue weighted by Gasteiger charge is 2.11. The smallest absolute Gasteiger partial charge is 0.162 e. The first-order chi connectivity index (χ1) is 10.2. The molecule has 21 heavy (non-hydrogen) atoms. The van der Waals surface area contributed by atoms with Gasteiger partial charge in [0.25, 0.3) is 0 Å². The number of aromatic nitrogens is 4. The van der Waals surface area contributed by atoms with E-state index < -0.39 is 0 Å². The second-order valence-electron chi connectivity index (χ2n) is 4.29. The van der Waals surface area contributed by atoms with E-state index >= 15 is 0 Å². The maximum Gasteiger partial charge on any atom is 0.162 e. The molecule has 0 aliphatic rings. The Bertz CT molecular complexity index is 630. The molecule has 1 aromatic heterocycles. The second kappa shape index (κ2) is 6.98. The van der Waals surface area contributed by atoms with Crippen molar-refractivity contribution in [3.63, 3.8) is 0 Å². The molecule has 1 heterocycles. The van der Waals surface area contributed by atoms with Gasteiger partial charge in [-0.1, -0.05) is 0 Å². The zero-order valence-corrected chi connectivity index (χ0v) is 12.6. The van der Waals surface area contributed by atoms with Crippen LogP contribution in [0.5, 0.6) is 11.5 Å². The molecule has 2 aromatic rings. The van der Waals surface area contributed by atoms with Crippen molar-refractivity contribution >= 4 is 17.3 Å². The van der Waals surface area contributed by atoms with Crippen molar-refractivity contribution < 1.29 is 14.6 Å². The molecule has 0 amide bonds. The van der Waals surface area contributed by atoms with Crippen LogP contribution in [-0.4, -0.2) is 44.6 Å². The minimum atomic E-state index is 0.000131. The van der Waals surface area contributed by atoms with Crippen molar-refractivity contribution in [3.05, 3.63) is 24.0 Å². The van der Waals surface area contributed by atoms with Gasteiger partial charge in [0.05, 0.1) is 19.9 Å².